The number of hydrogen-bond acceptors (Lipinski definition) is 9. The third-order valence-corrected chi connectivity index (χ3v) is 6.74. The molecule has 9 atom stereocenters. The van der Waals surface area contributed by atoms with Crippen LogP contribution in [0.4, 0.5) is 0 Å². The van der Waals surface area contributed by atoms with Crippen molar-refractivity contribution in [2.75, 3.05) is 6.61 Å². The van der Waals surface area contributed by atoms with Crippen LogP contribution in [0, 0.1) is 11.3 Å². The van der Waals surface area contributed by atoms with Gasteiger partial charge < -0.3 is 39.4 Å². The summed E-state index contributed by atoms with van der Waals surface area (Å²) in [5.41, 5.74) is -1.72. The molecule has 0 aromatic carbocycles. The van der Waals surface area contributed by atoms with Crippen molar-refractivity contribution in [3.8, 4) is 0 Å². The monoisotopic (exact) mass is 402 g/mol. The molecular weight excluding hydrogens is 372 g/mol. The van der Waals surface area contributed by atoms with Gasteiger partial charge in [-0.2, -0.15) is 0 Å². The summed E-state index contributed by atoms with van der Waals surface area (Å²) >= 11 is 0. The lowest BCUT2D eigenvalue weighted by Gasteiger charge is -2.47. The van der Waals surface area contributed by atoms with Crippen molar-refractivity contribution in [2.45, 2.75) is 88.9 Å². The summed E-state index contributed by atoms with van der Waals surface area (Å²) < 4.78 is 17.1. The number of aliphatic hydroxyl groups excluding tert-OH is 4. The first-order valence-electron chi connectivity index (χ1n) is 9.73. The fourth-order valence-electron chi connectivity index (χ4n) is 4.94. The van der Waals surface area contributed by atoms with Crippen LogP contribution in [-0.2, 0) is 23.8 Å². The number of rotatable bonds is 6. The summed E-state index contributed by atoms with van der Waals surface area (Å²) in [5, 5.41) is 39.5. The van der Waals surface area contributed by atoms with Gasteiger partial charge in [0.2, 0.25) is 0 Å². The number of aliphatic hydroxyl groups is 4. The standard InChI is InChI=1S/C19H30O9/c1-9(21)4-5-11-18(2)7-6-12(19(11,3)28-17(18)25)27-16-15(24)14(23)13(22)10(8-20)26-16/h10-16,20,22-24H,4-8H2,1-3H3/t10-,11-,12+,13-,14+,15-,16+,18+,19+/m1/s1. The predicted octanol–water partition coefficient (Wildman–Crippen LogP) is -0.727. The zero-order chi connectivity index (χ0) is 20.9. The Balaban J connectivity index is 1.81. The van der Waals surface area contributed by atoms with Crippen LogP contribution in [-0.4, -0.2) is 81.2 Å². The minimum absolute atomic E-state index is 0.0241. The third kappa shape index (κ3) is 3.38. The molecular formula is C19H30O9. The van der Waals surface area contributed by atoms with Crippen LogP contribution < -0.4 is 0 Å². The minimum Gasteiger partial charge on any atom is -0.456 e. The van der Waals surface area contributed by atoms with Crippen molar-refractivity contribution in [1.82, 2.24) is 0 Å². The van der Waals surface area contributed by atoms with Crippen molar-refractivity contribution >= 4 is 11.8 Å². The maximum Gasteiger partial charge on any atom is 0.312 e. The van der Waals surface area contributed by atoms with E-state index in [9.17, 15) is 30.0 Å². The number of esters is 1. The number of ether oxygens (including phenoxy) is 3. The maximum atomic E-state index is 12.6. The first kappa shape index (κ1) is 21.6. The number of carbonyl (C=O) groups excluding carboxylic acids is 2. The number of carbonyl (C=O) groups is 2. The Morgan fingerprint density at radius 2 is 1.89 bits per heavy atom. The second-order valence-electron chi connectivity index (χ2n) is 8.64. The van der Waals surface area contributed by atoms with Gasteiger partial charge in [-0.3, -0.25) is 4.79 Å². The zero-order valence-corrected chi connectivity index (χ0v) is 16.4. The van der Waals surface area contributed by atoms with Crippen molar-refractivity contribution in [1.29, 1.82) is 0 Å². The second kappa shape index (κ2) is 7.62. The minimum atomic E-state index is -1.54. The molecule has 0 aromatic heterocycles. The van der Waals surface area contributed by atoms with Crippen LogP contribution in [0.25, 0.3) is 0 Å². The van der Waals surface area contributed by atoms with Crippen molar-refractivity contribution in [3.63, 3.8) is 0 Å². The molecule has 0 unspecified atom stereocenters. The molecule has 9 heteroatoms. The third-order valence-electron chi connectivity index (χ3n) is 6.74. The van der Waals surface area contributed by atoms with E-state index in [2.05, 4.69) is 0 Å². The van der Waals surface area contributed by atoms with E-state index >= 15 is 0 Å². The van der Waals surface area contributed by atoms with Crippen molar-refractivity contribution in [2.24, 2.45) is 11.3 Å². The van der Waals surface area contributed by atoms with Gasteiger partial charge in [0.15, 0.2) is 6.29 Å². The molecule has 2 aliphatic heterocycles. The van der Waals surface area contributed by atoms with E-state index in [1.165, 1.54) is 6.92 Å². The van der Waals surface area contributed by atoms with Crippen LogP contribution >= 0.6 is 0 Å². The fraction of sp³-hybridized carbons (Fsp3) is 0.895. The van der Waals surface area contributed by atoms with Gasteiger partial charge in [-0.25, -0.2) is 0 Å². The van der Waals surface area contributed by atoms with Crippen LogP contribution in [0.3, 0.4) is 0 Å². The van der Waals surface area contributed by atoms with Gasteiger partial charge in [0.25, 0.3) is 0 Å². The predicted molar refractivity (Wildman–Crippen MR) is 93.9 cm³/mol. The molecule has 3 fully saturated rings. The average Bonchev–Trinajstić information content (AvgIpc) is 2.76. The van der Waals surface area contributed by atoms with Crippen molar-refractivity contribution in [3.05, 3.63) is 0 Å². The molecule has 1 aliphatic carbocycles. The molecule has 2 saturated heterocycles. The van der Waals surface area contributed by atoms with Crippen LogP contribution in [0.15, 0.2) is 0 Å². The molecule has 2 heterocycles. The van der Waals surface area contributed by atoms with E-state index in [4.69, 9.17) is 14.2 Å². The number of Topliss-reactive ketones (excluding diaryl/α,β-unsaturated/α-hetero) is 1. The van der Waals surface area contributed by atoms with Crippen LogP contribution in [0.2, 0.25) is 0 Å². The molecule has 2 bridgehead atoms. The second-order valence-corrected chi connectivity index (χ2v) is 8.64. The first-order valence-corrected chi connectivity index (χ1v) is 9.73. The molecule has 3 aliphatic rings. The summed E-state index contributed by atoms with van der Waals surface area (Å²) in [5.74, 6) is -0.556. The highest BCUT2D eigenvalue weighted by Crippen LogP contribution is 2.57. The SMILES string of the molecule is CC(=O)CC[C@H]1[C@]2(C)OC(=O)[C@@]1(C)CC[C@@H]2O[C@@H]1O[C@H](CO)[C@@H](O)[C@H](O)[C@H]1O. The summed E-state index contributed by atoms with van der Waals surface area (Å²) in [6.07, 6.45) is -5.81. The van der Waals surface area contributed by atoms with Gasteiger partial charge in [-0.05, 0) is 40.0 Å². The summed E-state index contributed by atoms with van der Waals surface area (Å²) in [7, 11) is 0. The van der Waals surface area contributed by atoms with Crippen LogP contribution in [0.1, 0.15) is 46.5 Å². The van der Waals surface area contributed by atoms with E-state index in [1.54, 1.807) is 6.92 Å². The van der Waals surface area contributed by atoms with Gasteiger partial charge in [0.05, 0.1) is 12.0 Å². The molecule has 28 heavy (non-hydrogen) atoms. The highest BCUT2D eigenvalue weighted by molar-refractivity contribution is 5.81. The molecule has 1 saturated carbocycles. The summed E-state index contributed by atoms with van der Waals surface area (Å²) in [6.45, 7) is 4.55. The Hall–Kier alpha value is -1.10. The lowest BCUT2D eigenvalue weighted by molar-refractivity contribution is -0.326. The van der Waals surface area contributed by atoms with Gasteiger partial charge in [-0.1, -0.05) is 0 Å². The zero-order valence-electron chi connectivity index (χ0n) is 16.4. The number of ketones is 1. The Morgan fingerprint density at radius 1 is 1.21 bits per heavy atom. The highest BCUT2D eigenvalue weighted by atomic mass is 16.7. The lowest BCUT2D eigenvalue weighted by Crippen LogP contribution is -2.62. The molecule has 3 rings (SSSR count). The molecule has 0 aromatic rings. The molecule has 160 valence electrons. The van der Waals surface area contributed by atoms with Gasteiger partial charge in [0.1, 0.15) is 41.9 Å². The largest absolute Gasteiger partial charge is 0.456 e. The first-order chi connectivity index (χ1) is 13.0. The lowest BCUT2D eigenvalue weighted by atomic mass is 9.60. The molecule has 4 N–H and O–H groups in total. The van der Waals surface area contributed by atoms with E-state index < -0.39 is 54.4 Å². The van der Waals surface area contributed by atoms with E-state index in [1.807, 2.05) is 6.92 Å². The maximum absolute atomic E-state index is 12.6. The number of hydrogen-bond donors (Lipinski definition) is 4. The average molecular weight is 402 g/mol. The Bertz CT molecular complexity index is 623. The summed E-state index contributed by atoms with van der Waals surface area (Å²) in [6, 6.07) is 0. The van der Waals surface area contributed by atoms with E-state index in [0.717, 1.165) is 0 Å². The van der Waals surface area contributed by atoms with E-state index in [-0.39, 0.29) is 17.7 Å². The molecule has 9 nitrogen and oxygen atoms in total. The van der Waals surface area contributed by atoms with Gasteiger partial charge >= 0.3 is 5.97 Å². The normalized spacial score (nSPS) is 48.4. The van der Waals surface area contributed by atoms with Gasteiger partial charge in [-0.15, -0.1) is 0 Å². The Labute approximate surface area is 163 Å². The van der Waals surface area contributed by atoms with Gasteiger partial charge in [0, 0.05) is 12.3 Å². The number of fused-ring (bicyclic) bond motifs is 2. The molecule has 0 radical (unpaired) electrons. The highest BCUT2D eigenvalue weighted by Gasteiger charge is 2.66. The quantitative estimate of drug-likeness (QED) is 0.423. The van der Waals surface area contributed by atoms with E-state index in [0.29, 0.717) is 25.7 Å². The topological polar surface area (TPSA) is 143 Å². The smallest absolute Gasteiger partial charge is 0.312 e. The molecule has 0 amide bonds. The summed E-state index contributed by atoms with van der Waals surface area (Å²) in [4.78, 5) is 24.1. The molecule has 0 spiro atoms. The Morgan fingerprint density at radius 3 is 2.50 bits per heavy atom. The van der Waals surface area contributed by atoms with Crippen molar-refractivity contribution < 1.29 is 44.2 Å². The fourth-order valence-corrected chi connectivity index (χ4v) is 4.94. The Kier molecular flexibility index (Phi) is 5.88. The van der Waals surface area contributed by atoms with Crippen LogP contribution in [0.5, 0.6) is 0 Å².